The minimum absolute atomic E-state index is 0.444. The summed E-state index contributed by atoms with van der Waals surface area (Å²) in [6, 6.07) is 0. The number of nitrogens with one attached hydrogen (secondary N) is 1. The van der Waals surface area contributed by atoms with Crippen molar-refractivity contribution < 1.29 is 0 Å². The summed E-state index contributed by atoms with van der Waals surface area (Å²) in [6.07, 6.45) is 2.61. The average molecular weight is 127 g/mol. The van der Waals surface area contributed by atoms with E-state index in [-0.39, 0.29) is 0 Å². The smallest absolute Gasteiger partial charge is 0.0176 e. The maximum Gasteiger partial charge on any atom is 0.0176 e. The lowest BCUT2D eigenvalue weighted by Gasteiger charge is -2.27. The minimum Gasteiger partial charge on any atom is -0.311 e. The van der Waals surface area contributed by atoms with Crippen LogP contribution in [0.15, 0.2) is 0 Å². The van der Waals surface area contributed by atoms with Gasteiger partial charge in [0.1, 0.15) is 0 Å². The predicted octanol–water partition coefficient (Wildman–Crippen LogP) is 1.78. The molecule has 0 bridgehead atoms. The zero-order valence-corrected chi connectivity index (χ0v) is 6.70. The van der Waals surface area contributed by atoms with Crippen LogP contribution in [0.3, 0.4) is 0 Å². The van der Waals surface area contributed by atoms with Gasteiger partial charge in [-0.2, -0.15) is 0 Å². The van der Waals surface area contributed by atoms with E-state index in [1.165, 1.54) is 19.4 Å². The van der Waals surface area contributed by atoms with Gasteiger partial charge in [0.05, 0.1) is 0 Å². The molecule has 9 heavy (non-hydrogen) atoms. The lowest BCUT2D eigenvalue weighted by molar-refractivity contribution is 0.314. The number of hydrogen-bond donors (Lipinski definition) is 1. The van der Waals surface area contributed by atoms with Crippen LogP contribution in [0.4, 0.5) is 0 Å². The molecule has 0 aromatic carbocycles. The lowest BCUT2D eigenvalue weighted by atomic mass is 9.87. The first-order valence-electron chi connectivity index (χ1n) is 3.94. The van der Waals surface area contributed by atoms with Crippen molar-refractivity contribution in [2.24, 2.45) is 5.92 Å². The van der Waals surface area contributed by atoms with Gasteiger partial charge < -0.3 is 5.32 Å². The van der Waals surface area contributed by atoms with Crippen molar-refractivity contribution in [3.05, 3.63) is 0 Å². The molecule has 1 saturated heterocycles. The van der Waals surface area contributed by atoms with E-state index in [4.69, 9.17) is 0 Å². The van der Waals surface area contributed by atoms with E-state index in [1.54, 1.807) is 0 Å². The molecule has 0 spiro atoms. The largest absolute Gasteiger partial charge is 0.311 e. The van der Waals surface area contributed by atoms with Crippen LogP contribution in [0.5, 0.6) is 0 Å². The van der Waals surface area contributed by atoms with Crippen LogP contribution in [0, 0.1) is 5.92 Å². The first-order chi connectivity index (χ1) is 4.19. The van der Waals surface area contributed by atoms with Crippen LogP contribution in [-0.4, -0.2) is 12.1 Å². The first kappa shape index (κ1) is 7.07. The predicted molar refractivity (Wildman–Crippen MR) is 40.5 cm³/mol. The lowest BCUT2D eigenvalue weighted by Crippen LogP contribution is -2.39. The van der Waals surface area contributed by atoms with Crippen LogP contribution in [0.2, 0.25) is 0 Å². The van der Waals surface area contributed by atoms with Gasteiger partial charge in [-0.1, -0.05) is 13.8 Å². The Kier molecular flexibility index (Phi) is 1.80. The topological polar surface area (TPSA) is 12.0 Å². The monoisotopic (exact) mass is 127 g/mol. The van der Waals surface area contributed by atoms with Gasteiger partial charge in [0.15, 0.2) is 0 Å². The molecule has 1 aliphatic rings. The highest BCUT2D eigenvalue weighted by Crippen LogP contribution is 2.28. The summed E-state index contributed by atoms with van der Waals surface area (Å²) < 4.78 is 0. The van der Waals surface area contributed by atoms with E-state index in [1.807, 2.05) is 0 Å². The molecule has 0 saturated carbocycles. The Hall–Kier alpha value is -0.0400. The van der Waals surface area contributed by atoms with Gasteiger partial charge in [-0.15, -0.1) is 0 Å². The van der Waals surface area contributed by atoms with Crippen molar-refractivity contribution in [3.63, 3.8) is 0 Å². The molecule has 0 aromatic rings. The second-order valence-corrected chi connectivity index (χ2v) is 3.39. The molecule has 1 fully saturated rings. The Labute approximate surface area is 57.8 Å². The van der Waals surface area contributed by atoms with Gasteiger partial charge in [-0.25, -0.2) is 0 Å². The Morgan fingerprint density at radius 3 is 2.56 bits per heavy atom. The van der Waals surface area contributed by atoms with E-state index in [2.05, 4.69) is 26.1 Å². The van der Waals surface area contributed by atoms with Gasteiger partial charge in [0.2, 0.25) is 0 Å². The van der Waals surface area contributed by atoms with Gasteiger partial charge in [0, 0.05) is 5.54 Å². The molecule has 2 unspecified atom stereocenters. The number of hydrogen-bond acceptors (Lipinski definition) is 1. The van der Waals surface area contributed by atoms with Crippen molar-refractivity contribution in [3.8, 4) is 0 Å². The molecule has 0 aromatic heterocycles. The highest BCUT2D eigenvalue weighted by atomic mass is 15.0. The van der Waals surface area contributed by atoms with Gasteiger partial charge in [0.25, 0.3) is 0 Å². The van der Waals surface area contributed by atoms with E-state index < -0.39 is 0 Å². The van der Waals surface area contributed by atoms with Crippen molar-refractivity contribution >= 4 is 0 Å². The molecule has 0 amide bonds. The maximum atomic E-state index is 3.53. The molecule has 1 rings (SSSR count). The Balaban J connectivity index is 2.56. The van der Waals surface area contributed by atoms with Crippen molar-refractivity contribution in [2.75, 3.05) is 6.54 Å². The molecule has 0 aliphatic carbocycles. The summed E-state index contributed by atoms with van der Waals surface area (Å²) in [5.41, 5.74) is 0.444. The van der Waals surface area contributed by atoms with Crippen LogP contribution < -0.4 is 5.32 Å². The fraction of sp³-hybridized carbons (Fsp3) is 1.00. The van der Waals surface area contributed by atoms with Crippen LogP contribution >= 0.6 is 0 Å². The van der Waals surface area contributed by atoms with Gasteiger partial charge in [-0.3, -0.25) is 0 Å². The summed E-state index contributed by atoms with van der Waals surface area (Å²) in [6.45, 7) is 8.13. The fourth-order valence-electron chi connectivity index (χ4n) is 1.54. The van der Waals surface area contributed by atoms with E-state index >= 15 is 0 Å². The molecule has 1 nitrogen and oxygen atoms in total. The molecule has 1 aliphatic heterocycles. The molecule has 1 heteroatoms. The van der Waals surface area contributed by atoms with Crippen LogP contribution in [-0.2, 0) is 0 Å². The first-order valence-corrected chi connectivity index (χ1v) is 3.94. The van der Waals surface area contributed by atoms with Gasteiger partial charge in [-0.05, 0) is 32.2 Å². The fourth-order valence-corrected chi connectivity index (χ4v) is 1.54. The van der Waals surface area contributed by atoms with Crippen LogP contribution in [0.1, 0.15) is 33.6 Å². The van der Waals surface area contributed by atoms with E-state index in [0.29, 0.717) is 5.54 Å². The Morgan fingerprint density at radius 1 is 1.67 bits per heavy atom. The quantitative estimate of drug-likeness (QED) is 0.566. The van der Waals surface area contributed by atoms with Crippen molar-refractivity contribution in [1.29, 1.82) is 0 Å². The zero-order chi connectivity index (χ0) is 6.91. The average Bonchev–Trinajstić information content (AvgIpc) is 2.15. The van der Waals surface area contributed by atoms with E-state index in [9.17, 15) is 0 Å². The summed E-state index contributed by atoms with van der Waals surface area (Å²) in [5.74, 6) is 0.863. The third-order valence-electron chi connectivity index (χ3n) is 2.93. The summed E-state index contributed by atoms with van der Waals surface area (Å²) in [7, 11) is 0. The third-order valence-corrected chi connectivity index (χ3v) is 2.93. The molecule has 2 atom stereocenters. The van der Waals surface area contributed by atoms with Crippen molar-refractivity contribution in [2.45, 2.75) is 39.2 Å². The summed E-state index contributed by atoms with van der Waals surface area (Å²) in [5, 5.41) is 3.53. The Bertz CT molecular complexity index is 101. The highest BCUT2D eigenvalue weighted by Gasteiger charge is 2.32. The Morgan fingerprint density at radius 2 is 2.33 bits per heavy atom. The van der Waals surface area contributed by atoms with Gasteiger partial charge >= 0.3 is 0 Å². The number of rotatable bonds is 1. The standard InChI is InChI=1S/C8H17N/c1-4-8(3)7(2)5-6-9-8/h7,9H,4-6H2,1-3H3. The van der Waals surface area contributed by atoms with Crippen molar-refractivity contribution in [1.82, 2.24) is 5.32 Å². The summed E-state index contributed by atoms with van der Waals surface area (Å²) in [4.78, 5) is 0. The molecule has 1 N–H and O–H groups in total. The SMILES string of the molecule is CCC1(C)NCCC1C. The summed E-state index contributed by atoms with van der Waals surface area (Å²) >= 11 is 0. The van der Waals surface area contributed by atoms with Crippen LogP contribution in [0.25, 0.3) is 0 Å². The molecule has 1 heterocycles. The zero-order valence-electron chi connectivity index (χ0n) is 6.70. The molecule has 54 valence electrons. The normalized spacial score (nSPS) is 43.7. The maximum absolute atomic E-state index is 3.53. The molecular formula is C8H17N. The second kappa shape index (κ2) is 2.30. The third kappa shape index (κ3) is 1.11. The minimum atomic E-state index is 0.444. The van der Waals surface area contributed by atoms with E-state index in [0.717, 1.165) is 5.92 Å². The highest BCUT2D eigenvalue weighted by molar-refractivity contribution is 4.92. The molecular weight excluding hydrogens is 110 g/mol. The second-order valence-electron chi connectivity index (χ2n) is 3.39. The molecule has 0 radical (unpaired) electrons.